The van der Waals surface area contributed by atoms with Crippen LogP contribution >= 0.6 is 11.6 Å². The lowest BCUT2D eigenvalue weighted by Gasteiger charge is -2.13. The average Bonchev–Trinajstić information content (AvgIpc) is 2.41. The summed E-state index contributed by atoms with van der Waals surface area (Å²) in [6, 6.07) is 5.19. The van der Waals surface area contributed by atoms with Gasteiger partial charge in [0.05, 0.1) is 0 Å². The van der Waals surface area contributed by atoms with Gasteiger partial charge in [0.1, 0.15) is 5.75 Å². The van der Waals surface area contributed by atoms with Crippen molar-refractivity contribution in [3.8, 4) is 5.75 Å². The third-order valence-corrected chi connectivity index (χ3v) is 3.23. The molecule has 6 heteroatoms. The van der Waals surface area contributed by atoms with Gasteiger partial charge in [0.15, 0.2) is 6.61 Å². The summed E-state index contributed by atoms with van der Waals surface area (Å²) in [5.41, 5.74) is 0.866. The van der Waals surface area contributed by atoms with E-state index in [0.29, 0.717) is 23.7 Å². The SMILES string of the molecule is Cc1cc(Cl)ccc1OCC(=O)NCC(C)CCC(=O)O. The van der Waals surface area contributed by atoms with E-state index in [-0.39, 0.29) is 24.9 Å². The number of carboxylic acid groups (broad SMARTS) is 1. The first-order valence-electron chi connectivity index (χ1n) is 6.76. The van der Waals surface area contributed by atoms with Crippen molar-refractivity contribution >= 4 is 23.5 Å². The van der Waals surface area contributed by atoms with Gasteiger partial charge in [-0.05, 0) is 43.0 Å². The van der Waals surface area contributed by atoms with Crippen LogP contribution in [0.4, 0.5) is 0 Å². The molecule has 1 unspecified atom stereocenters. The number of hydrogen-bond acceptors (Lipinski definition) is 3. The van der Waals surface area contributed by atoms with Crippen LogP contribution in [0.5, 0.6) is 5.75 Å². The van der Waals surface area contributed by atoms with Crippen molar-refractivity contribution in [1.29, 1.82) is 0 Å². The summed E-state index contributed by atoms with van der Waals surface area (Å²) >= 11 is 5.84. The number of carboxylic acids is 1. The molecule has 5 nitrogen and oxygen atoms in total. The number of nitrogens with one attached hydrogen (secondary N) is 1. The van der Waals surface area contributed by atoms with Gasteiger partial charge in [0.2, 0.25) is 0 Å². The maximum atomic E-state index is 11.7. The van der Waals surface area contributed by atoms with E-state index in [2.05, 4.69) is 5.32 Å². The molecule has 1 amide bonds. The summed E-state index contributed by atoms with van der Waals surface area (Å²) in [7, 11) is 0. The molecule has 1 atom stereocenters. The van der Waals surface area contributed by atoms with Crippen LogP contribution < -0.4 is 10.1 Å². The largest absolute Gasteiger partial charge is 0.484 e. The van der Waals surface area contributed by atoms with Gasteiger partial charge < -0.3 is 15.2 Å². The quantitative estimate of drug-likeness (QED) is 0.773. The minimum absolute atomic E-state index is 0.0753. The molecule has 116 valence electrons. The van der Waals surface area contributed by atoms with Crippen LogP contribution in [0.2, 0.25) is 5.02 Å². The van der Waals surface area contributed by atoms with E-state index in [1.807, 2.05) is 13.8 Å². The normalized spacial score (nSPS) is 11.8. The van der Waals surface area contributed by atoms with E-state index < -0.39 is 5.97 Å². The number of carbonyl (C=O) groups excluding carboxylic acids is 1. The molecule has 0 fully saturated rings. The lowest BCUT2D eigenvalue weighted by molar-refractivity contribution is -0.137. The van der Waals surface area contributed by atoms with Gasteiger partial charge in [0.25, 0.3) is 5.91 Å². The summed E-state index contributed by atoms with van der Waals surface area (Å²) in [6.07, 6.45) is 0.643. The van der Waals surface area contributed by atoms with Gasteiger partial charge in [-0.1, -0.05) is 18.5 Å². The van der Waals surface area contributed by atoms with Gasteiger partial charge in [-0.2, -0.15) is 0 Å². The fourth-order valence-electron chi connectivity index (χ4n) is 1.73. The van der Waals surface area contributed by atoms with Crippen LogP contribution in [0.1, 0.15) is 25.3 Å². The van der Waals surface area contributed by atoms with Gasteiger partial charge in [-0.3, -0.25) is 9.59 Å². The highest BCUT2D eigenvalue weighted by atomic mass is 35.5. The Morgan fingerprint density at radius 2 is 2.14 bits per heavy atom. The molecule has 0 saturated heterocycles. The second-order valence-corrected chi connectivity index (χ2v) is 5.48. The number of amides is 1. The predicted octanol–water partition coefficient (Wildman–Crippen LogP) is 2.64. The van der Waals surface area contributed by atoms with Crippen LogP contribution in [-0.4, -0.2) is 30.1 Å². The molecule has 0 bridgehead atoms. The number of benzene rings is 1. The standard InChI is InChI=1S/C15H20ClNO4/c1-10(3-6-15(19)20)8-17-14(18)9-21-13-5-4-12(16)7-11(13)2/h4-5,7,10H,3,6,8-9H2,1-2H3,(H,17,18)(H,19,20). The molecule has 21 heavy (non-hydrogen) atoms. The summed E-state index contributed by atoms with van der Waals surface area (Å²) in [6.45, 7) is 4.11. The third-order valence-electron chi connectivity index (χ3n) is 2.99. The van der Waals surface area contributed by atoms with Crippen molar-refractivity contribution in [2.45, 2.75) is 26.7 Å². The number of carbonyl (C=O) groups is 2. The zero-order valence-corrected chi connectivity index (χ0v) is 12.9. The molecule has 0 aliphatic rings. The lowest BCUT2D eigenvalue weighted by Crippen LogP contribution is -2.32. The number of aryl methyl sites for hydroxylation is 1. The number of ether oxygens (including phenoxy) is 1. The van der Waals surface area contributed by atoms with Crippen LogP contribution in [0.25, 0.3) is 0 Å². The van der Waals surface area contributed by atoms with Crippen molar-refractivity contribution in [3.63, 3.8) is 0 Å². The first-order valence-corrected chi connectivity index (χ1v) is 7.13. The minimum Gasteiger partial charge on any atom is -0.484 e. The Balaban J connectivity index is 2.29. The fraction of sp³-hybridized carbons (Fsp3) is 0.467. The minimum atomic E-state index is -0.824. The number of rotatable bonds is 8. The highest BCUT2D eigenvalue weighted by Crippen LogP contribution is 2.21. The molecule has 1 rings (SSSR count). The maximum Gasteiger partial charge on any atom is 0.303 e. The highest BCUT2D eigenvalue weighted by Gasteiger charge is 2.09. The van der Waals surface area contributed by atoms with Crippen LogP contribution in [0.3, 0.4) is 0 Å². The first kappa shape index (κ1) is 17.3. The Kier molecular flexibility index (Phi) is 7.02. The predicted molar refractivity (Wildman–Crippen MR) is 80.7 cm³/mol. The molecule has 1 aromatic carbocycles. The molecule has 0 radical (unpaired) electrons. The molecule has 0 spiro atoms. The Bertz CT molecular complexity index is 504. The Labute approximate surface area is 129 Å². The van der Waals surface area contributed by atoms with Crippen molar-refractivity contribution < 1.29 is 19.4 Å². The number of halogens is 1. The Hall–Kier alpha value is -1.75. The molecule has 0 aliphatic heterocycles. The monoisotopic (exact) mass is 313 g/mol. The van der Waals surface area contributed by atoms with Crippen molar-refractivity contribution in [2.75, 3.05) is 13.2 Å². The van der Waals surface area contributed by atoms with Gasteiger partial charge in [-0.25, -0.2) is 0 Å². The molecule has 0 aromatic heterocycles. The summed E-state index contributed by atoms with van der Waals surface area (Å²) < 4.78 is 5.42. The van der Waals surface area contributed by atoms with E-state index in [0.717, 1.165) is 5.56 Å². The van der Waals surface area contributed by atoms with Gasteiger partial charge in [-0.15, -0.1) is 0 Å². The molecule has 1 aromatic rings. The Morgan fingerprint density at radius 1 is 1.43 bits per heavy atom. The fourth-order valence-corrected chi connectivity index (χ4v) is 1.96. The van der Waals surface area contributed by atoms with E-state index >= 15 is 0 Å². The molecule has 0 aliphatic carbocycles. The number of hydrogen-bond donors (Lipinski definition) is 2. The van der Waals surface area contributed by atoms with Crippen LogP contribution in [0.15, 0.2) is 18.2 Å². The van der Waals surface area contributed by atoms with E-state index in [9.17, 15) is 9.59 Å². The zero-order valence-electron chi connectivity index (χ0n) is 12.2. The average molecular weight is 314 g/mol. The van der Waals surface area contributed by atoms with E-state index in [1.54, 1.807) is 18.2 Å². The van der Waals surface area contributed by atoms with E-state index in [1.165, 1.54) is 0 Å². The lowest BCUT2D eigenvalue weighted by atomic mass is 10.1. The summed E-state index contributed by atoms with van der Waals surface area (Å²) in [4.78, 5) is 22.1. The molecular formula is C15H20ClNO4. The number of aliphatic carboxylic acids is 1. The maximum absolute atomic E-state index is 11.7. The summed E-state index contributed by atoms with van der Waals surface area (Å²) in [5, 5.41) is 11.9. The second-order valence-electron chi connectivity index (χ2n) is 5.04. The first-order chi connectivity index (χ1) is 9.88. The molecular weight excluding hydrogens is 294 g/mol. The zero-order chi connectivity index (χ0) is 15.8. The van der Waals surface area contributed by atoms with Crippen LogP contribution in [0, 0.1) is 12.8 Å². The van der Waals surface area contributed by atoms with Gasteiger partial charge in [0, 0.05) is 18.0 Å². The highest BCUT2D eigenvalue weighted by molar-refractivity contribution is 6.30. The third kappa shape index (κ3) is 6.99. The smallest absolute Gasteiger partial charge is 0.303 e. The Morgan fingerprint density at radius 3 is 2.76 bits per heavy atom. The van der Waals surface area contributed by atoms with Crippen molar-refractivity contribution in [3.05, 3.63) is 28.8 Å². The summed E-state index contributed by atoms with van der Waals surface area (Å²) in [5.74, 6) is -0.322. The topological polar surface area (TPSA) is 75.6 Å². The van der Waals surface area contributed by atoms with E-state index in [4.69, 9.17) is 21.4 Å². The molecule has 2 N–H and O–H groups in total. The van der Waals surface area contributed by atoms with Gasteiger partial charge >= 0.3 is 5.97 Å². The van der Waals surface area contributed by atoms with Crippen molar-refractivity contribution in [1.82, 2.24) is 5.32 Å². The van der Waals surface area contributed by atoms with Crippen molar-refractivity contribution in [2.24, 2.45) is 5.92 Å². The van der Waals surface area contributed by atoms with Crippen LogP contribution in [-0.2, 0) is 9.59 Å². The molecule has 0 saturated carbocycles. The molecule has 0 heterocycles. The second kappa shape index (κ2) is 8.52.